The summed E-state index contributed by atoms with van der Waals surface area (Å²) in [5.41, 5.74) is -0.0382. The molecular weight excluding hydrogens is 224 g/mol. The third-order valence-electron chi connectivity index (χ3n) is 5.56. The fourth-order valence-corrected chi connectivity index (χ4v) is 4.00. The summed E-state index contributed by atoms with van der Waals surface area (Å²) in [5, 5.41) is 9.80. The van der Waals surface area contributed by atoms with Crippen LogP contribution >= 0.6 is 0 Å². The first-order chi connectivity index (χ1) is 8.46. The van der Waals surface area contributed by atoms with Crippen LogP contribution in [0.15, 0.2) is 0 Å². The molecule has 2 aliphatic carbocycles. The summed E-state index contributed by atoms with van der Waals surface area (Å²) in [7, 11) is 0. The Kier molecular flexibility index (Phi) is 4.03. The average Bonchev–Trinajstić information content (AvgIpc) is 2.58. The van der Waals surface area contributed by atoms with E-state index in [1.807, 2.05) is 0 Å². The minimum Gasteiger partial charge on any atom is -0.481 e. The Bertz CT molecular complexity index is 288. The van der Waals surface area contributed by atoms with Gasteiger partial charge in [0, 0.05) is 0 Å². The summed E-state index contributed by atoms with van der Waals surface area (Å²) in [6.07, 6.45) is 11.3. The SMILES string of the molecule is CC1(C)CCC(C(=O)O)(C2CCCCCC2)CC1. The normalized spacial score (nSPS) is 28.6. The van der Waals surface area contributed by atoms with Crippen LogP contribution in [0.25, 0.3) is 0 Å². The van der Waals surface area contributed by atoms with E-state index in [1.165, 1.54) is 25.7 Å². The van der Waals surface area contributed by atoms with E-state index in [9.17, 15) is 9.90 Å². The number of carboxylic acid groups (broad SMARTS) is 1. The Morgan fingerprint density at radius 3 is 1.89 bits per heavy atom. The molecule has 2 fully saturated rings. The van der Waals surface area contributed by atoms with Gasteiger partial charge in [-0.2, -0.15) is 0 Å². The second-order valence-corrected chi connectivity index (χ2v) is 7.31. The van der Waals surface area contributed by atoms with Crippen molar-refractivity contribution in [2.75, 3.05) is 0 Å². The second kappa shape index (κ2) is 5.22. The molecule has 104 valence electrons. The lowest BCUT2D eigenvalue weighted by Gasteiger charge is -2.45. The van der Waals surface area contributed by atoms with Crippen LogP contribution in [0.5, 0.6) is 0 Å². The highest BCUT2D eigenvalue weighted by atomic mass is 16.4. The summed E-state index contributed by atoms with van der Waals surface area (Å²) in [5.74, 6) is -0.0708. The molecule has 0 unspecified atom stereocenters. The smallest absolute Gasteiger partial charge is 0.309 e. The Hall–Kier alpha value is -0.530. The summed E-state index contributed by atoms with van der Waals surface area (Å²) in [6, 6.07) is 0. The van der Waals surface area contributed by atoms with E-state index in [2.05, 4.69) is 13.8 Å². The summed E-state index contributed by atoms with van der Waals surface area (Å²) in [4.78, 5) is 11.9. The van der Waals surface area contributed by atoms with E-state index in [4.69, 9.17) is 0 Å². The Morgan fingerprint density at radius 2 is 1.44 bits per heavy atom. The number of hydrogen-bond donors (Lipinski definition) is 1. The van der Waals surface area contributed by atoms with Crippen molar-refractivity contribution in [1.29, 1.82) is 0 Å². The molecule has 0 spiro atoms. The molecule has 0 heterocycles. The highest BCUT2D eigenvalue weighted by Gasteiger charge is 2.48. The zero-order valence-corrected chi connectivity index (χ0v) is 12.0. The predicted molar refractivity (Wildman–Crippen MR) is 73.5 cm³/mol. The third-order valence-corrected chi connectivity index (χ3v) is 5.56. The van der Waals surface area contributed by atoms with Gasteiger partial charge in [-0.3, -0.25) is 4.79 Å². The van der Waals surface area contributed by atoms with Gasteiger partial charge < -0.3 is 5.11 Å². The van der Waals surface area contributed by atoms with Crippen molar-refractivity contribution in [2.45, 2.75) is 78.1 Å². The highest BCUT2D eigenvalue weighted by Crippen LogP contribution is 2.52. The van der Waals surface area contributed by atoms with Crippen molar-refractivity contribution in [2.24, 2.45) is 16.7 Å². The fourth-order valence-electron chi connectivity index (χ4n) is 4.00. The molecule has 0 aromatic heterocycles. The van der Waals surface area contributed by atoms with E-state index in [1.54, 1.807) is 0 Å². The number of carboxylic acids is 1. The van der Waals surface area contributed by atoms with Crippen LogP contribution in [0.2, 0.25) is 0 Å². The van der Waals surface area contributed by atoms with Gasteiger partial charge in [0.1, 0.15) is 0 Å². The maximum absolute atomic E-state index is 11.9. The van der Waals surface area contributed by atoms with Crippen LogP contribution in [0.1, 0.15) is 78.1 Å². The van der Waals surface area contributed by atoms with Crippen LogP contribution in [0, 0.1) is 16.7 Å². The van der Waals surface area contributed by atoms with E-state index in [0.29, 0.717) is 11.3 Å². The molecule has 2 saturated carbocycles. The van der Waals surface area contributed by atoms with E-state index >= 15 is 0 Å². The van der Waals surface area contributed by atoms with Crippen LogP contribution in [0.3, 0.4) is 0 Å². The number of aliphatic carboxylic acids is 1. The van der Waals surface area contributed by atoms with E-state index in [-0.39, 0.29) is 5.41 Å². The van der Waals surface area contributed by atoms with Crippen molar-refractivity contribution in [3.8, 4) is 0 Å². The Morgan fingerprint density at radius 1 is 0.944 bits per heavy atom. The van der Waals surface area contributed by atoms with Crippen molar-refractivity contribution in [3.63, 3.8) is 0 Å². The van der Waals surface area contributed by atoms with Gasteiger partial charge in [-0.25, -0.2) is 0 Å². The maximum Gasteiger partial charge on any atom is 0.309 e. The third kappa shape index (κ3) is 2.73. The molecular formula is C16H28O2. The van der Waals surface area contributed by atoms with Crippen molar-refractivity contribution in [3.05, 3.63) is 0 Å². The Balaban J connectivity index is 2.14. The molecule has 2 nitrogen and oxygen atoms in total. The van der Waals surface area contributed by atoms with Gasteiger partial charge in [-0.15, -0.1) is 0 Å². The molecule has 2 rings (SSSR count). The van der Waals surface area contributed by atoms with Gasteiger partial charge >= 0.3 is 5.97 Å². The first kappa shape index (κ1) is 13.9. The molecule has 2 heteroatoms. The molecule has 0 aliphatic heterocycles. The van der Waals surface area contributed by atoms with Gasteiger partial charge in [0.15, 0.2) is 0 Å². The number of carbonyl (C=O) groups is 1. The average molecular weight is 252 g/mol. The largest absolute Gasteiger partial charge is 0.481 e. The molecule has 0 atom stereocenters. The minimum atomic E-state index is -0.509. The summed E-state index contributed by atoms with van der Waals surface area (Å²) >= 11 is 0. The predicted octanol–water partition coefficient (Wildman–Crippen LogP) is 4.63. The monoisotopic (exact) mass is 252 g/mol. The van der Waals surface area contributed by atoms with E-state index in [0.717, 1.165) is 38.5 Å². The molecule has 0 bridgehead atoms. The molecule has 0 aromatic rings. The topological polar surface area (TPSA) is 37.3 Å². The lowest BCUT2D eigenvalue weighted by Crippen LogP contribution is -2.43. The van der Waals surface area contributed by atoms with Gasteiger partial charge in [-0.1, -0.05) is 39.5 Å². The lowest BCUT2D eigenvalue weighted by atomic mass is 9.58. The van der Waals surface area contributed by atoms with Crippen molar-refractivity contribution in [1.82, 2.24) is 0 Å². The quantitative estimate of drug-likeness (QED) is 0.728. The fraction of sp³-hybridized carbons (Fsp3) is 0.938. The van der Waals surface area contributed by atoms with Gasteiger partial charge in [-0.05, 0) is 49.9 Å². The van der Waals surface area contributed by atoms with Crippen LogP contribution in [-0.2, 0) is 4.79 Å². The molecule has 0 radical (unpaired) electrons. The van der Waals surface area contributed by atoms with Gasteiger partial charge in [0.2, 0.25) is 0 Å². The molecule has 0 amide bonds. The molecule has 0 saturated heterocycles. The van der Waals surface area contributed by atoms with Gasteiger partial charge in [0.05, 0.1) is 5.41 Å². The van der Waals surface area contributed by atoms with Crippen LogP contribution < -0.4 is 0 Å². The second-order valence-electron chi connectivity index (χ2n) is 7.31. The van der Waals surface area contributed by atoms with Crippen LogP contribution in [0.4, 0.5) is 0 Å². The zero-order valence-electron chi connectivity index (χ0n) is 12.0. The van der Waals surface area contributed by atoms with Crippen molar-refractivity contribution >= 4 is 5.97 Å². The maximum atomic E-state index is 11.9. The lowest BCUT2D eigenvalue weighted by molar-refractivity contribution is -0.157. The Labute approximate surface area is 111 Å². The van der Waals surface area contributed by atoms with Crippen LogP contribution in [-0.4, -0.2) is 11.1 Å². The molecule has 18 heavy (non-hydrogen) atoms. The summed E-state index contributed by atoms with van der Waals surface area (Å²) < 4.78 is 0. The zero-order chi connectivity index (χ0) is 13.2. The number of hydrogen-bond acceptors (Lipinski definition) is 1. The van der Waals surface area contributed by atoms with Gasteiger partial charge in [0.25, 0.3) is 0 Å². The molecule has 1 N–H and O–H groups in total. The molecule has 0 aromatic carbocycles. The standard InChI is InChI=1S/C16H28O2/c1-15(2)9-11-16(12-10-15,14(17)18)13-7-5-3-4-6-8-13/h13H,3-12H2,1-2H3,(H,17,18). The first-order valence-corrected chi connectivity index (χ1v) is 7.70. The molecule has 2 aliphatic rings. The highest BCUT2D eigenvalue weighted by molar-refractivity contribution is 5.75. The first-order valence-electron chi connectivity index (χ1n) is 7.70. The van der Waals surface area contributed by atoms with Crippen molar-refractivity contribution < 1.29 is 9.90 Å². The summed E-state index contributed by atoms with van der Waals surface area (Å²) in [6.45, 7) is 4.57. The minimum absolute atomic E-state index is 0.351. The number of rotatable bonds is 2. The van der Waals surface area contributed by atoms with E-state index < -0.39 is 5.97 Å².